The molecule has 3 heteroatoms. The second-order valence-electron chi connectivity index (χ2n) is 3.03. The van der Waals surface area contributed by atoms with Gasteiger partial charge in [0.2, 0.25) is 0 Å². The van der Waals surface area contributed by atoms with E-state index in [1.54, 1.807) is 22.7 Å². The van der Waals surface area contributed by atoms with Crippen molar-refractivity contribution in [3.05, 3.63) is 45.2 Å². The van der Waals surface area contributed by atoms with Crippen LogP contribution in [0.5, 0.6) is 0 Å². The van der Waals surface area contributed by atoms with E-state index in [2.05, 4.69) is 0 Å². The Morgan fingerprint density at radius 1 is 0.857 bits per heavy atom. The van der Waals surface area contributed by atoms with Gasteiger partial charge in [-0.1, -0.05) is 12.1 Å². The number of hydrogen-bond donors (Lipinski definition) is 0. The summed E-state index contributed by atoms with van der Waals surface area (Å²) in [6, 6.07) is 7.95. The summed E-state index contributed by atoms with van der Waals surface area (Å²) in [5.74, 6) is 0. The number of thiophene rings is 2. The van der Waals surface area contributed by atoms with Crippen molar-refractivity contribution >= 4 is 22.7 Å². The van der Waals surface area contributed by atoms with Gasteiger partial charge in [-0.15, -0.1) is 22.7 Å². The highest BCUT2D eigenvalue weighted by Crippen LogP contribution is 2.38. The standard InChI is InChI=1S/C11H6OS2/c12-11-9(7-3-1-5-13-7)10(11)8-4-2-6-14-8/h1-6H. The van der Waals surface area contributed by atoms with Crippen molar-refractivity contribution in [1.29, 1.82) is 0 Å². The fourth-order valence-corrected chi connectivity index (χ4v) is 3.03. The molecule has 0 N–H and O–H groups in total. The minimum absolute atomic E-state index is 0.217. The van der Waals surface area contributed by atoms with Crippen molar-refractivity contribution < 1.29 is 0 Å². The lowest BCUT2D eigenvalue weighted by Crippen LogP contribution is -1.73. The van der Waals surface area contributed by atoms with Gasteiger partial charge >= 0.3 is 0 Å². The number of rotatable bonds is 2. The first kappa shape index (κ1) is 8.15. The lowest BCUT2D eigenvalue weighted by atomic mass is 10.3. The predicted molar refractivity (Wildman–Crippen MR) is 61.7 cm³/mol. The fraction of sp³-hybridized carbons (Fsp3) is 0. The van der Waals surface area contributed by atoms with Crippen molar-refractivity contribution in [3.63, 3.8) is 0 Å². The molecule has 0 aliphatic heterocycles. The summed E-state index contributed by atoms with van der Waals surface area (Å²) in [6.45, 7) is 0. The van der Waals surface area contributed by atoms with Crippen LogP contribution in [0, 0.1) is 0 Å². The Labute approximate surface area is 89.0 Å². The van der Waals surface area contributed by atoms with E-state index < -0.39 is 0 Å². The van der Waals surface area contributed by atoms with E-state index in [0.717, 1.165) is 20.9 Å². The topological polar surface area (TPSA) is 17.1 Å². The van der Waals surface area contributed by atoms with E-state index in [1.165, 1.54) is 0 Å². The summed E-state index contributed by atoms with van der Waals surface area (Å²) in [5, 5.41) is 4.00. The molecule has 0 aliphatic rings. The normalized spacial score (nSPS) is 11.1. The van der Waals surface area contributed by atoms with E-state index in [-0.39, 0.29) is 5.43 Å². The SMILES string of the molecule is O=c1c(-c2cccs2)c1-c1cccs1. The average Bonchev–Trinajstić information content (AvgIpc) is 2.76. The Kier molecular flexibility index (Phi) is 1.69. The molecule has 2 aromatic heterocycles. The van der Waals surface area contributed by atoms with Gasteiger partial charge in [0, 0.05) is 9.75 Å². The van der Waals surface area contributed by atoms with Crippen LogP contribution in [0.25, 0.3) is 20.9 Å². The van der Waals surface area contributed by atoms with Crippen molar-refractivity contribution in [2.75, 3.05) is 0 Å². The van der Waals surface area contributed by atoms with Gasteiger partial charge in [0.05, 0.1) is 11.1 Å². The lowest BCUT2D eigenvalue weighted by molar-refractivity contribution is 1.95. The molecule has 1 nitrogen and oxygen atoms in total. The van der Waals surface area contributed by atoms with E-state index in [1.807, 2.05) is 35.0 Å². The van der Waals surface area contributed by atoms with Crippen LogP contribution >= 0.6 is 22.7 Å². The maximum absolute atomic E-state index is 11.6. The molecule has 0 saturated carbocycles. The molecule has 0 atom stereocenters. The summed E-state index contributed by atoms with van der Waals surface area (Å²) >= 11 is 3.25. The molecule has 0 fully saturated rings. The highest BCUT2D eigenvalue weighted by Gasteiger charge is 2.26. The van der Waals surface area contributed by atoms with Gasteiger partial charge in [0.1, 0.15) is 0 Å². The summed E-state index contributed by atoms with van der Waals surface area (Å²) in [6.07, 6.45) is 0. The second kappa shape index (κ2) is 2.90. The zero-order chi connectivity index (χ0) is 9.54. The largest absolute Gasteiger partial charge is 0.288 e. The van der Waals surface area contributed by atoms with Crippen LogP contribution in [0.15, 0.2) is 39.8 Å². The van der Waals surface area contributed by atoms with Gasteiger partial charge in [-0.3, -0.25) is 4.79 Å². The molecule has 3 aromatic rings. The van der Waals surface area contributed by atoms with Gasteiger partial charge in [-0.25, -0.2) is 0 Å². The molecular formula is C11H6OS2. The molecule has 68 valence electrons. The first-order chi connectivity index (χ1) is 6.88. The van der Waals surface area contributed by atoms with Gasteiger partial charge in [-0.05, 0) is 22.9 Å². The molecule has 0 saturated heterocycles. The molecule has 14 heavy (non-hydrogen) atoms. The molecule has 0 amide bonds. The van der Waals surface area contributed by atoms with Crippen molar-refractivity contribution in [3.8, 4) is 20.9 Å². The highest BCUT2D eigenvalue weighted by molar-refractivity contribution is 7.14. The maximum Gasteiger partial charge on any atom is 0.197 e. The molecule has 1 aromatic carbocycles. The summed E-state index contributed by atoms with van der Waals surface area (Å²) in [5.41, 5.74) is 2.06. The minimum atomic E-state index is 0.217. The van der Waals surface area contributed by atoms with Gasteiger partial charge in [-0.2, -0.15) is 0 Å². The Morgan fingerprint density at radius 2 is 1.36 bits per heavy atom. The van der Waals surface area contributed by atoms with Crippen LogP contribution in [-0.4, -0.2) is 0 Å². The molecule has 2 heterocycles. The minimum Gasteiger partial charge on any atom is -0.288 e. The van der Waals surface area contributed by atoms with Crippen LogP contribution < -0.4 is 5.43 Å². The van der Waals surface area contributed by atoms with E-state index >= 15 is 0 Å². The average molecular weight is 218 g/mol. The molecule has 3 rings (SSSR count). The molecule has 0 unspecified atom stereocenters. The summed E-state index contributed by atoms with van der Waals surface area (Å²) < 4.78 is 0. The van der Waals surface area contributed by atoms with Crippen LogP contribution in [0.1, 0.15) is 0 Å². The van der Waals surface area contributed by atoms with Gasteiger partial charge < -0.3 is 0 Å². The Balaban J connectivity index is 2.09. The van der Waals surface area contributed by atoms with Crippen molar-refractivity contribution in [2.45, 2.75) is 0 Å². The summed E-state index contributed by atoms with van der Waals surface area (Å²) in [4.78, 5) is 13.7. The zero-order valence-electron chi connectivity index (χ0n) is 7.19. The van der Waals surface area contributed by atoms with Crippen LogP contribution in [0.2, 0.25) is 0 Å². The van der Waals surface area contributed by atoms with Crippen LogP contribution in [0.3, 0.4) is 0 Å². The molecule has 0 bridgehead atoms. The highest BCUT2D eigenvalue weighted by atomic mass is 32.1. The number of hydrogen-bond acceptors (Lipinski definition) is 3. The van der Waals surface area contributed by atoms with Crippen molar-refractivity contribution in [2.24, 2.45) is 0 Å². The molecular weight excluding hydrogens is 212 g/mol. The van der Waals surface area contributed by atoms with Gasteiger partial charge in [0.25, 0.3) is 0 Å². The quantitative estimate of drug-likeness (QED) is 0.644. The molecule has 0 spiro atoms. The first-order valence-electron chi connectivity index (χ1n) is 4.24. The third-order valence-electron chi connectivity index (χ3n) is 2.18. The molecule has 0 aliphatic carbocycles. The van der Waals surface area contributed by atoms with Crippen LogP contribution in [-0.2, 0) is 0 Å². The first-order valence-corrected chi connectivity index (χ1v) is 6.00. The van der Waals surface area contributed by atoms with E-state index in [9.17, 15) is 4.79 Å². The van der Waals surface area contributed by atoms with Crippen LogP contribution in [0.4, 0.5) is 0 Å². The van der Waals surface area contributed by atoms with Gasteiger partial charge in [0.15, 0.2) is 5.43 Å². The molecule has 0 radical (unpaired) electrons. The van der Waals surface area contributed by atoms with Crippen molar-refractivity contribution in [1.82, 2.24) is 0 Å². The summed E-state index contributed by atoms with van der Waals surface area (Å²) in [7, 11) is 0. The zero-order valence-corrected chi connectivity index (χ0v) is 8.82. The lowest BCUT2D eigenvalue weighted by Gasteiger charge is -1.82. The monoisotopic (exact) mass is 218 g/mol. The van der Waals surface area contributed by atoms with E-state index in [0.29, 0.717) is 0 Å². The maximum atomic E-state index is 11.6. The Bertz CT molecular complexity index is 502. The van der Waals surface area contributed by atoms with E-state index in [4.69, 9.17) is 0 Å². The second-order valence-corrected chi connectivity index (χ2v) is 4.93. The predicted octanol–water partition coefficient (Wildman–Crippen LogP) is 3.38. The third kappa shape index (κ3) is 1.10. The fourth-order valence-electron chi connectivity index (χ4n) is 1.48. The Morgan fingerprint density at radius 3 is 1.71 bits per heavy atom. The smallest absolute Gasteiger partial charge is 0.197 e. The third-order valence-corrected chi connectivity index (χ3v) is 3.95. The Hall–Kier alpha value is -1.19.